The van der Waals surface area contributed by atoms with Crippen LogP contribution in [0.25, 0.3) is 0 Å². The summed E-state index contributed by atoms with van der Waals surface area (Å²) in [6.07, 6.45) is 4.76. The Labute approximate surface area is 129 Å². The number of likely N-dealkylation sites (tertiary alicyclic amines) is 2. The summed E-state index contributed by atoms with van der Waals surface area (Å²) in [6.45, 7) is 8.67. The van der Waals surface area contributed by atoms with Crippen molar-refractivity contribution < 1.29 is 4.79 Å². The van der Waals surface area contributed by atoms with Gasteiger partial charge in [0, 0.05) is 25.2 Å². The van der Waals surface area contributed by atoms with Crippen LogP contribution in [0.2, 0.25) is 0 Å². The second-order valence-electron chi connectivity index (χ2n) is 7.10. The van der Waals surface area contributed by atoms with E-state index in [0.717, 1.165) is 31.5 Å². The van der Waals surface area contributed by atoms with Crippen LogP contribution in [0.3, 0.4) is 0 Å². The summed E-state index contributed by atoms with van der Waals surface area (Å²) in [4.78, 5) is 16.6. The number of hydrogen-bond acceptors (Lipinski definition) is 4. The average molecular weight is 296 g/mol. The van der Waals surface area contributed by atoms with Crippen molar-refractivity contribution in [3.8, 4) is 0 Å². The summed E-state index contributed by atoms with van der Waals surface area (Å²) >= 11 is 0. The zero-order valence-electron chi connectivity index (χ0n) is 13.8. The number of hydrogen-bond donors (Lipinski definition) is 2. The second-order valence-corrected chi connectivity index (χ2v) is 7.10. The van der Waals surface area contributed by atoms with Crippen LogP contribution < -0.4 is 11.1 Å². The van der Waals surface area contributed by atoms with Crippen molar-refractivity contribution in [3.05, 3.63) is 0 Å². The number of primary amides is 1. The molecule has 0 aromatic heterocycles. The standard InChI is InChI=1S/C16H32N4O/c1-12(2)18-14(16(17)21)6-9-20-10-7-15-13(11-20)5-4-8-19(15)3/h12-15,18H,4-11H2,1-3H3,(H2,17,21). The largest absolute Gasteiger partial charge is 0.368 e. The Kier molecular flexibility index (Phi) is 6.02. The van der Waals surface area contributed by atoms with Gasteiger partial charge in [0.25, 0.3) is 0 Å². The van der Waals surface area contributed by atoms with E-state index < -0.39 is 0 Å². The molecular formula is C16H32N4O. The van der Waals surface area contributed by atoms with Crippen molar-refractivity contribution in [2.75, 3.05) is 33.2 Å². The third kappa shape index (κ3) is 4.66. The minimum atomic E-state index is -0.226. The highest BCUT2D eigenvalue weighted by Gasteiger charge is 2.34. The number of carbonyl (C=O) groups excluding carboxylic acids is 1. The van der Waals surface area contributed by atoms with Crippen molar-refractivity contribution in [2.45, 2.75) is 57.7 Å². The maximum absolute atomic E-state index is 11.5. The lowest BCUT2D eigenvalue weighted by atomic mass is 9.84. The van der Waals surface area contributed by atoms with E-state index in [1.807, 2.05) is 0 Å². The van der Waals surface area contributed by atoms with E-state index in [0.29, 0.717) is 6.04 Å². The summed E-state index contributed by atoms with van der Waals surface area (Å²) in [5, 5.41) is 3.27. The second kappa shape index (κ2) is 7.56. The molecule has 2 saturated heterocycles. The Morgan fingerprint density at radius 3 is 2.76 bits per heavy atom. The molecule has 21 heavy (non-hydrogen) atoms. The predicted molar refractivity (Wildman–Crippen MR) is 86.1 cm³/mol. The van der Waals surface area contributed by atoms with Gasteiger partial charge in [-0.3, -0.25) is 4.79 Å². The fraction of sp³-hybridized carbons (Fsp3) is 0.938. The maximum Gasteiger partial charge on any atom is 0.234 e. The van der Waals surface area contributed by atoms with Gasteiger partial charge < -0.3 is 20.9 Å². The van der Waals surface area contributed by atoms with Crippen LogP contribution in [-0.4, -0.2) is 67.1 Å². The lowest BCUT2D eigenvalue weighted by Gasteiger charge is -2.46. The van der Waals surface area contributed by atoms with Gasteiger partial charge in [0.2, 0.25) is 5.91 Å². The lowest BCUT2D eigenvalue weighted by molar-refractivity contribution is -0.120. The summed E-state index contributed by atoms with van der Waals surface area (Å²) in [7, 11) is 2.27. The number of carbonyl (C=O) groups is 1. The van der Waals surface area contributed by atoms with E-state index in [9.17, 15) is 4.79 Å². The van der Waals surface area contributed by atoms with E-state index >= 15 is 0 Å². The summed E-state index contributed by atoms with van der Waals surface area (Å²) in [6, 6.07) is 0.868. The number of rotatable bonds is 6. The molecule has 2 aliphatic rings. The Balaban J connectivity index is 1.80. The van der Waals surface area contributed by atoms with E-state index in [1.54, 1.807) is 0 Å². The number of nitrogens with one attached hydrogen (secondary N) is 1. The summed E-state index contributed by atoms with van der Waals surface area (Å²) < 4.78 is 0. The van der Waals surface area contributed by atoms with Crippen LogP contribution in [0.5, 0.6) is 0 Å². The maximum atomic E-state index is 11.5. The Hall–Kier alpha value is -0.650. The van der Waals surface area contributed by atoms with Gasteiger partial charge in [-0.1, -0.05) is 13.8 Å². The van der Waals surface area contributed by atoms with Crippen LogP contribution in [0.4, 0.5) is 0 Å². The molecule has 0 aliphatic carbocycles. The Morgan fingerprint density at radius 2 is 2.10 bits per heavy atom. The molecule has 122 valence electrons. The normalized spacial score (nSPS) is 29.3. The molecule has 0 aromatic rings. The minimum absolute atomic E-state index is 0.197. The molecular weight excluding hydrogens is 264 g/mol. The average Bonchev–Trinajstić information content (AvgIpc) is 2.43. The number of nitrogens with two attached hydrogens (primary N) is 1. The molecule has 2 heterocycles. The first-order chi connectivity index (χ1) is 9.97. The number of piperidine rings is 2. The Morgan fingerprint density at radius 1 is 1.33 bits per heavy atom. The molecule has 2 fully saturated rings. The fourth-order valence-electron chi connectivity index (χ4n) is 3.95. The van der Waals surface area contributed by atoms with Gasteiger partial charge in [-0.05, 0) is 51.7 Å². The highest BCUT2D eigenvalue weighted by atomic mass is 16.1. The fourth-order valence-corrected chi connectivity index (χ4v) is 3.95. The van der Waals surface area contributed by atoms with Crippen LogP contribution >= 0.6 is 0 Å². The van der Waals surface area contributed by atoms with Crippen molar-refractivity contribution >= 4 is 5.91 Å². The molecule has 2 aliphatic heterocycles. The topological polar surface area (TPSA) is 61.6 Å². The van der Waals surface area contributed by atoms with Crippen LogP contribution in [-0.2, 0) is 4.79 Å². The first kappa shape index (κ1) is 16.7. The van der Waals surface area contributed by atoms with Crippen molar-refractivity contribution in [1.29, 1.82) is 0 Å². The van der Waals surface area contributed by atoms with Crippen molar-refractivity contribution in [2.24, 2.45) is 11.7 Å². The molecule has 3 unspecified atom stereocenters. The molecule has 3 N–H and O–H groups in total. The third-order valence-corrected chi connectivity index (χ3v) is 5.04. The Bertz CT molecular complexity index is 347. The minimum Gasteiger partial charge on any atom is -0.368 e. The van der Waals surface area contributed by atoms with E-state index in [4.69, 9.17) is 5.73 Å². The molecule has 5 heteroatoms. The van der Waals surface area contributed by atoms with Gasteiger partial charge >= 0.3 is 0 Å². The molecule has 5 nitrogen and oxygen atoms in total. The van der Waals surface area contributed by atoms with E-state index in [1.165, 1.54) is 32.4 Å². The predicted octanol–water partition coefficient (Wildman–Crippen LogP) is 0.645. The zero-order valence-corrected chi connectivity index (χ0v) is 13.8. The molecule has 2 rings (SSSR count). The molecule has 0 spiro atoms. The van der Waals surface area contributed by atoms with Crippen molar-refractivity contribution in [3.63, 3.8) is 0 Å². The number of nitrogens with zero attached hydrogens (tertiary/aromatic N) is 2. The van der Waals surface area contributed by atoms with Gasteiger partial charge in [-0.2, -0.15) is 0 Å². The summed E-state index contributed by atoms with van der Waals surface area (Å²) in [5.41, 5.74) is 5.50. The highest BCUT2D eigenvalue weighted by Crippen LogP contribution is 2.29. The van der Waals surface area contributed by atoms with Crippen LogP contribution in [0, 0.1) is 5.92 Å². The smallest absolute Gasteiger partial charge is 0.234 e. The number of amides is 1. The van der Waals surface area contributed by atoms with Gasteiger partial charge in [-0.15, -0.1) is 0 Å². The quantitative estimate of drug-likeness (QED) is 0.755. The molecule has 0 bridgehead atoms. The summed E-state index contributed by atoms with van der Waals surface area (Å²) in [5.74, 6) is 0.582. The highest BCUT2D eigenvalue weighted by molar-refractivity contribution is 5.79. The molecule has 0 saturated carbocycles. The SMILES string of the molecule is CC(C)NC(CCN1CCC2C(CCCN2C)C1)C(N)=O. The van der Waals surface area contributed by atoms with Crippen LogP contribution in [0.1, 0.15) is 39.5 Å². The van der Waals surface area contributed by atoms with Gasteiger partial charge in [-0.25, -0.2) is 0 Å². The molecule has 0 aromatic carbocycles. The third-order valence-electron chi connectivity index (χ3n) is 5.04. The molecule has 1 amide bonds. The van der Waals surface area contributed by atoms with E-state index in [2.05, 4.69) is 36.0 Å². The van der Waals surface area contributed by atoms with Gasteiger partial charge in [0.1, 0.15) is 0 Å². The monoisotopic (exact) mass is 296 g/mol. The van der Waals surface area contributed by atoms with Gasteiger partial charge in [0.05, 0.1) is 6.04 Å². The molecule has 0 radical (unpaired) electrons. The number of fused-ring (bicyclic) bond motifs is 1. The first-order valence-corrected chi connectivity index (χ1v) is 8.45. The first-order valence-electron chi connectivity index (χ1n) is 8.45. The van der Waals surface area contributed by atoms with E-state index in [-0.39, 0.29) is 11.9 Å². The van der Waals surface area contributed by atoms with Gasteiger partial charge in [0.15, 0.2) is 0 Å². The molecule has 3 atom stereocenters. The lowest BCUT2D eigenvalue weighted by Crippen LogP contribution is -2.53. The van der Waals surface area contributed by atoms with Crippen LogP contribution in [0.15, 0.2) is 0 Å². The zero-order chi connectivity index (χ0) is 15.4. The van der Waals surface area contributed by atoms with Crippen molar-refractivity contribution in [1.82, 2.24) is 15.1 Å².